The Morgan fingerprint density at radius 3 is 2.71 bits per heavy atom. The van der Waals surface area contributed by atoms with Gasteiger partial charge in [0.05, 0.1) is 6.54 Å². The Morgan fingerprint density at radius 1 is 1.48 bits per heavy atom. The second kappa shape index (κ2) is 6.76. The second-order valence-corrected chi connectivity index (χ2v) is 8.53. The van der Waals surface area contributed by atoms with E-state index in [1.165, 1.54) is 11.4 Å². The van der Waals surface area contributed by atoms with E-state index in [2.05, 4.69) is 62.1 Å². The monoisotopic (exact) mass is 309 g/mol. The number of aryl methyl sites for hydroxylation is 1. The molecule has 1 N–H and O–H groups in total. The molecule has 1 aliphatic heterocycles. The number of thiazole rings is 1. The molecular formula is C17H31N3S. The van der Waals surface area contributed by atoms with Gasteiger partial charge in [0.15, 0.2) is 0 Å². The van der Waals surface area contributed by atoms with Crippen molar-refractivity contribution in [2.75, 3.05) is 13.1 Å². The summed E-state index contributed by atoms with van der Waals surface area (Å²) < 4.78 is 0. The van der Waals surface area contributed by atoms with Crippen LogP contribution >= 0.6 is 11.3 Å². The van der Waals surface area contributed by atoms with Crippen LogP contribution in [0.3, 0.4) is 0 Å². The zero-order valence-corrected chi connectivity index (χ0v) is 15.3. The quantitative estimate of drug-likeness (QED) is 0.919. The van der Waals surface area contributed by atoms with Crippen molar-refractivity contribution in [3.8, 4) is 0 Å². The number of piperazine rings is 1. The summed E-state index contributed by atoms with van der Waals surface area (Å²) in [6, 6.07) is 1.18. The van der Waals surface area contributed by atoms with Gasteiger partial charge in [-0.15, -0.1) is 11.3 Å². The Morgan fingerprint density at radius 2 is 2.19 bits per heavy atom. The highest BCUT2D eigenvalue weighted by molar-refractivity contribution is 7.09. The summed E-state index contributed by atoms with van der Waals surface area (Å²) in [4.78, 5) is 7.33. The third-order valence-corrected chi connectivity index (χ3v) is 5.76. The maximum atomic E-state index is 4.67. The van der Waals surface area contributed by atoms with Crippen LogP contribution in [-0.4, -0.2) is 35.1 Å². The Bertz CT molecular complexity index is 449. The standard InChI is InChI=1S/C17H31N3S/c1-7-12(2)14-8-18-15(17(4,5)6)9-20(14)10-16-19-13(3)11-21-16/h11-12,14-15,18H,7-10H2,1-6H3. The Balaban J connectivity index is 2.12. The molecule has 0 saturated carbocycles. The van der Waals surface area contributed by atoms with Crippen molar-refractivity contribution in [2.24, 2.45) is 11.3 Å². The lowest BCUT2D eigenvalue weighted by Gasteiger charge is -2.46. The molecule has 0 spiro atoms. The molecule has 2 rings (SSSR count). The van der Waals surface area contributed by atoms with Gasteiger partial charge in [-0.25, -0.2) is 4.98 Å². The zero-order valence-electron chi connectivity index (χ0n) is 14.4. The minimum atomic E-state index is 0.303. The number of aromatic nitrogens is 1. The van der Waals surface area contributed by atoms with Crippen LogP contribution in [0, 0.1) is 18.3 Å². The molecule has 1 aromatic rings. The normalized spacial score (nSPS) is 26.0. The minimum absolute atomic E-state index is 0.303. The largest absolute Gasteiger partial charge is 0.311 e. The number of rotatable bonds is 4. The first-order chi connectivity index (χ1) is 9.81. The lowest BCUT2D eigenvalue weighted by Crippen LogP contribution is -2.61. The number of nitrogens with zero attached hydrogens (tertiary/aromatic N) is 2. The molecule has 0 amide bonds. The number of hydrogen-bond acceptors (Lipinski definition) is 4. The summed E-state index contributed by atoms with van der Waals surface area (Å²) >= 11 is 1.80. The van der Waals surface area contributed by atoms with Crippen LogP contribution in [0.25, 0.3) is 0 Å². The van der Waals surface area contributed by atoms with Gasteiger partial charge in [0.25, 0.3) is 0 Å². The van der Waals surface area contributed by atoms with Gasteiger partial charge in [-0.2, -0.15) is 0 Å². The Kier molecular flexibility index (Phi) is 5.44. The highest BCUT2D eigenvalue weighted by Crippen LogP contribution is 2.28. The van der Waals surface area contributed by atoms with Crippen molar-refractivity contribution in [3.63, 3.8) is 0 Å². The van der Waals surface area contributed by atoms with E-state index in [0.29, 0.717) is 17.5 Å². The Hall–Kier alpha value is -0.450. The van der Waals surface area contributed by atoms with Gasteiger partial charge < -0.3 is 5.32 Å². The summed E-state index contributed by atoms with van der Waals surface area (Å²) in [6.07, 6.45) is 1.24. The van der Waals surface area contributed by atoms with Crippen molar-refractivity contribution >= 4 is 11.3 Å². The highest BCUT2D eigenvalue weighted by Gasteiger charge is 2.36. The van der Waals surface area contributed by atoms with Gasteiger partial charge in [-0.1, -0.05) is 41.0 Å². The van der Waals surface area contributed by atoms with Gasteiger partial charge in [0.1, 0.15) is 5.01 Å². The maximum Gasteiger partial charge on any atom is 0.107 e. The molecule has 1 saturated heterocycles. The maximum absolute atomic E-state index is 4.67. The van der Waals surface area contributed by atoms with E-state index in [4.69, 9.17) is 0 Å². The van der Waals surface area contributed by atoms with Gasteiger partial charge in [-0.05, 0) is 18.3 Å². The van der Waals surface area contributed by atoms with E-state index in [1.807, 2.05) is 0 Å². The molecular weight excluding hydrogens is 278 g/mol. The molecule has 3 nitrogen and oxygen atoms in total. The molecule has 0 bridgehead atoms. The summed E-state index contributed by atoms with van der Waals surface area (Å²) in [5.41, 5.74) is 1.45. The van der Waals surface area contributed by atoms with E-state index in [9.17, 15) is 0 Å². The molecule has 21 heavy (non-hydrogen) atoms. The molecule has 1 fully saturated rings. The van der Waals surface area contributed by atoms with Crippen molar-refractivity contribution in [1.29, 1.82) is 0 Å². The van der Waals surface area contributed by atoms with Crippen molar-refractivity contribution in [3.05, 3.63) is 16.1 Å². The van der Waals surface area contributed by atoms with Crippen LogP contribution in [0.2, 0.25) is 0 Å². The molecule has 120 valence electrons. The van der Waals surface area contributed by atoms with Crippen molar-refractivity contribution in [1.82, 2.24) is 15.2 Å². The van der Waals surface area contributed by atoms with E-state index >= 15 is 0 Å². The van der Waals surface area contributed by atoms with Crippen LogP contribution in [-0.2, 0) is 6.54 Å². The molecule has 0 aliphatic carbocycles. The first-order valence-electron chi connectivity index (χ1n) is 8.19. The fraction of sp³-hybridized carbons (Fsp3) is 0.824. The molecule has 3 unspecified atom stereocenters. The molecule has 0 aromatic carbocycles. The SMILES string of the molecule is CCC(C)C1CNC(C(C)(C)C)CN1Cc1nc(C)cs1. The average molecular weight is 310 g/mol. The van der Waals surface area contributed by atoms with E-state index < -0.39 is 0 Å². The third kappa shape index (κ3) is 4.27. The molecule has 1 aliphatic rings. The van der Waals surface area contributed by atoms with Gasteiger partial charge in [0, 0.05) is 36.2 Å². The average Bonchev–Trinajstić information content (AvgIpc) is 2.82. The van der Waals surface area contributed by atoms with Crippen LogP contribution in [0.1, 0.15) is 51.7 Å². The van der Waals surface area contributed by atoms with Crippen molar-refractivity contribution in [2.45, 2.75) is 66.6 Å². The van der Waals surface area contributed by atoms with Crippen LogP contribution in [0.5, 0.6) is 0 Å². The summed E-state index contributed by atoms with van der Waals surface area (Å²) in [7, 11) is 0. The summed E-state index contributed by atoms with van der Waals surface area (Å²) in [5.74, 6) is 0.722. The summed E-state index contributed by atoms with van der Waals surface area (Å²) in [5, 5.41) is 7.21. The first kappa shape index (κ1) is 16.9. The second-order valence-electron chi connectivity index (χ2n) is 7.59. The lowest BCUT2D eigenvalue weighted by molar-refractivity contribution is 0.0522. The number of hydrogen-bond donors (Lipinski definition) is 1. The topological polar surface area (TPSA) is 28.2 Å². The fourth-order valence-corrected chi connectivity index (χ4v) is 3.87. The highest BCUT2D eigenvalue weighted by atomic mass is 32.1. The van der Waals surface area contributed by atoms with Crippen LogP contribution in [0.15, 0.2) is 5.38 Å². The lowest BCUT2D eigenvalue weighted by atomic mass is 9.83. The predicted molar refractivity (Wildman–Crippen MR) is 91.7 cm³/mol. The summed E-state index contributed by atoms with van der Waals surface area (Å²) in [6.45, 7) is 17.0. The van der Waals surface area contributed by atoms with Gasteiger partial charge in [-0.3, -0.25) is 4.90 Å². The third-order valence-electron chi connectivity index (χ3n) is 4.81. The van der Waals surface area contributed by atoms with E-state index in [0.717, 1.165) is 31.2 Å². The van der Waals surface area contributed by atoms with Crippen LogP contribution < -0.4 is 5.32 Å². The zero-order chi connectivity index (χ0) is 15.6. The molecule has 1 aromatic heterocycles. The van der Waals surface area contributed by atoms with Crippen LogP contribution in [0.4, 0.5) is 0 Å². The van der Waals surface area contributed by atoms with Gasteiger partial charge in [0.2, 0.25) is 0 Å². The molecule has 2 heterocycles. The Labute approximate surface area is 134 Å². The number of nitrogens with one attached hydrogen (secondary N) is 1. The molecule has 4 heteroatoms. The molecule has 0 radical (unpaired) electrons. The van der Waals surface area contributed by atoms with Gasteiger partial charge >= 0.3 is 0 Å². The minimum Gasteiger partial charge on any atom is -0.311 e. The predicted octanol–water partition coefficient (Wildman–Crippen LogP) is 3.69. The first-order valence-corrected chi connectivity index (χ1v) is 9.07. The van der Waals surface area contributed by atoms with Crippen molar-refractivity contribution < 1.29 is 0 Å². The smallest absolute Gasteiger partial charge is 0.107 e. The fourth-order valence-electron chi connectivity index (χ4n) is 3.07. The molecule has 3 atom stereocenters. The van der Waals surface area contributed by atoms with E-state index in [1.54, 1.807) is 11.3 Å². The van der Waals surface area contributed by atoms with E-state index in [-0.39, 0.29) is 0 Å².